The molecule has 5 nitrogen and oxygen atoms in total. The van der Waals surface area contributed by atoms with E-state index in [1.165, 1.54) is 0 Å². The summed E-state index contributed by atoms with van der Waals surface area (Å²) in [5.74, 6) is -1.05. The van der Waals surface area contributed by atoms with Gasteiger partial charge in [-0.15, -0.1) is 0 Å². The molecule has 2 N–H and O–H groups in total. The number of allylic oxidation sites excluding steroid dienone is 2. The Hall–Kier alpha value is -3.36. The number of nitriles is 3. The Bertz CT molecular complexity index is 1160. The summed E-state index contributed by atoms with van der Waals surface area (Å²) in [4.78, 5) is 3.27. The van der Waals surface area contributed by atoms with Crippen LogP contribution >= 0.6 is 0 Å². The van der Waals surface area contributed by atoms with Gasteiger partial charge in [-0.1, -0.05) is 45.0 Å². The van der Waals surface area contributed by atoms with Crippen LogP contribution in [0.4, 0.5) is 0 Å². The van der Waals surface area contributed by atoms with Gasteiger partial charge in [0, 0.05) is 23.0 Å². The van der Waals surface area contributed by atoms with E-state index in [-0.39, 0.29) is 17.0 Å². The van der Waals surface area contributed by atoms with Gasteiger partial charge in [-0.25, -0.2) is 0 Å². The molecule has 2 aromatic rings. The molecule has 2 aliphatic carbocycles. The van der Waals surface area contributed by atoms with Crippen molar-refractivity contribution < 1.29 is 0 Å². The highest BCUT2D eigenvalue weighted by Gasteiger charge is 2.58. The number of para-hydroxylation sites is 1. The maximum absolute atomic E-state index is 10.2. The number of rotatable bonds is 1. The summed E-state index contributed by atoms with van der Waals surface area (Å²) < 4.78 is 0. The van der Waals surface area contributed by atoms with E-state index >= 15 is 0 Å². The van der Waals surface area contributed by atoms with Crippen LogP contribution in [-0.2, 0) is 0 Å². The van der Waals surface area contributed by atoms with Crippen molar-refractivity contribution in [3.05, 3.63) is 47.7 Å². The number of H-pyrrole nitrogens is 1. The molecule has 1 heterocycles. The van der Waals surface area contributed by atoms with Gasteiger partial charge in [0.05, 0.1) is 23.9 Å². The summed E-state index contributed by atoms with van der Waals surface area (Å²) in [7, 11) is 0. The van der Waals surface area contributed by atoms with Crippen LogP contribution in [0.2, 0.25) is 0 Å². The number of aromatic amines is 1. The molecule has 1 aromatic heterocycles. The summed E-state index contributed by atoms with van der Waals surface area (Å²) in [5, 5.41) is 40.1. The Balaban J connectivity index is 1.99. The number of nitrogens with one attached hydrogen (secondary N) is 2. The van der Waals surface area contributed by atoms with Gasteiger partial charge >= 0.3 is 0 Å². The van der Waals surface area contributed by atoms with Gasteiger partial charge in [0.1, 0.15) is 5.92 Å². The predicted octanol–water partition coefficient (Wildman–Crippen LogP) is 5.46. The molecular weight excluding hydrogens is 370 g/mol. The fourth-order valence-electron chi connectivity index (χ4n) is 5.42. The zero-order valence-electron chi connectivity index (χ0n) is 17.5. The van der Waals surface area contributed by atoms with E-state index in [9.17, 15) is 15.8 Å². The average molecular weight is 396 g/mol. The molecule has 4 rings (SSSR count). The number of hydrogen-bond donors (Lipinski definition) is 2. The van der Waals surface area contributed by atoms with Crippen molar-refractivity contribution in [2.45, 2.75) is 39.5 Å². The smallest absolute Gasteiger partial charge is 0.189 e. The number of benzene rings is 1. The van der Waals surface area contributed by atoms with E-state index in [4.69, 9.17) is 5.41 Å². The molecule has 1 fully saturated rings. The fraction of sp³-hybridized carbons (Fsp3) is 0.440. The minimum Gasteiger partial charge on any atom is -0.361 e. The van der Waals surface area contributed by atoms with Crippen molar-refractivity contribution in [1.82, 2.24) is 4.98 Å². The first kappa shape index (κ1) is 19.9. The van der Waals surface area contributed by atoms with Crippen LogP contribution < -0.4 is 0 Å². The van der Waals surface area contributed by atoms with Crippen molar-refractivity contribution in [2.24, 2.45) is 28.6 Å². The topological polar surface area (TPSA) is 111 Å². The monoisotopic (exact) mass is 395 g/mol. The molecule has 30 heavy (non-hydrogen) atoms. The van der Waals surface area contributed by atoms with Crippen LogP contribution in [0.5, 0.6) is 0 Å². The van der Waals surface area contributed by atoms with Gasteiger partial charge in [0.25, 0.3) is 0 Å². The number of hydrogen-bond acceptors (Lipinski definition) is 4. The van der Waals surface area contributed by atoms with Gasteiger partial charge in [-0.2, -0.15) is 15.8 Å². The number of aromatic nitrogens is 1. The molecule has 2 aliphatic rings. The van der Waals surface area contributed by atoms with Gasteiger partial charge in [-0.3, -0.25) is 0 Å². The van der Waals surface area contributed by atoms with Crippen LogP contribution in [0, 0.1) is 68.0 Å². The molecule has 1 aromatic carbocycles. The van der Waals surface area contributed by atoms with Crippen LogP contribution in [0.3, 0.4) is 0 Å². The SMILES string of the molecule is CC(C)(C)[C@@H]1CC=C2C(C#N)C(=N)C(C#N)(C#N)[C@@H](c3c[nH]c4ccccc34)[C@H]2C1. The lowest BCUT2D eigenvalue weighted by Crippen LogP contribution is -2.50. The summed E-state index contributed by atoms with van der Waals surface area (Å²) in [6, 6.07) is 14.5. The van der Waals surface area contributed by atoms with E-state index in [2.05, 4.69) is 50.0 Å². The van der Waals surface area contributed by atoms with Crippen LogP contribution in [0.1, 0.15) is 45.1 Å². The second kappa shape index (κ2) is 6.86. The molecule has 0 aliphatic heterocycles. The second-order valence-corrected chi connectivity index (χ2v) is 9.62. The lowest BCUT2D eigenvalue weighted by Gasteiger charge is -2.48. The molecule has 0 amide bonds. The first-order valence-electron chi connectivity index (χ1n) is 10.4. The van der Waals surface area contributed by atoms with E-state index in [0.717, 1.165) is 34.9 Å². The summed E-state index contributed by atoms with van der Waals surface area (Å²) in [6.07, 6.45) is 5.66. The molecule has 1 saturated carbocycles. The highest BCUT2D eigenvalue weighted by molar-refractivity contribution is 6.01. The largest absolute Gasteiger partial charge is 0.361 e. The van der Waals surface area contributed by atoms with E-state index in [0.29, 0.717) is 5.92 Å². The van der Waals surface area contributed by atoms with Crippen molar-refractivity contribution >= 4 is 16.6 Å². The highest BCUT2D eigenvalue weighted by Crippen LogP contribution is 2.58. The van der Waals surface area contributed by atoms with Crippen molar-refractivity contribution in [3.63, 3.8) is 0 Å². The standard InChI is InChI=1S/C25H25N5/c1-24(2,3)15-8-9-16-18(10-15)22(20-12-30-21-7-5-4-6-17(20)21)25(13-27,14-28)23(29)19(16)11-26/h4-7,9,12,15,18-19,22,29-30H,8,10H2,1-3H3/t15-,18+,19?,22-/m1/s1. The van der Waals surface area contributed by atoms with E-state index in [1.807, 2.05) is 30.5 Å². The molecule has 0 radical (unpaired) electrons. The third kappa shape index (κ3) is 2.68. The third-order valence-corrected chi connectivity index (χ3v) is 7.18. The lowest BCUT2D eigenvalue weighted by atomic mass is 9.51. The first-order chi connectivity index (χ1) is 14.3. The minimum absolute atomic E-state index is 0.0713. The maximum Gasteiger partial charge on any atom is 0.189 e. The zero-order valence-corrected chi connectivity index (χ0v) is 17.5. The third-order valence-electron chi connectivity index (χ3n) is 7.18. The highest BCUT2D eigenvalue weighted by atomic mass is 14.7. The average Bonchev–Trinajstić information content (AvgIpc) is 3.15. The maximum atomic E-state index is 10.2. The Kier molecular flexibility index (Phi) is 4.56. The molecular formula is C25H25N5. The Morgan fingerprint density at radius 3 is 2.47 bits per heavy atom. The minimum atomic E-state index is -1.66. The Morgan fingerprint density at radius 2 is 1.83 bits per heavy atom. The molecule has 150 valence electrons. The Labute approximate surface area is 177 Å². The van der Waals surface area contributed by atoms with Gasteiger partial charge in [0.15, 0.2) is 5.41 Å². The zero-order chi connectivity index (χ0) is 21.7. The molecule has 0 bridgehead atoms. The molecule has 1 unspecified atom stereocenters. The van der Waals surface area contributed by atoms with Crippen molar-refractivity contribution in [1.29, 1.82) is 21.2 Å². The van der Waals surface area contributed by atoms with Gasteiger partial charge in [-0.05, 0) is 47.3 Å². The summed E-state index contributed by atoms with van der Waals surface area (Å²) in [6.45, 7) is 6.64. The van der Waals surface area contributed by atoms with Crippen LogP contribution in [0.15, 0.2) is 42.1 Å². The Morgan fingerprint density at radius 1 is 1.13 bits per heavy atom. The molecule has 4 atom stereocenters. The second-order valence-electron chi connectivity index (χ2n) is 9.62. The normalized spacial score (nSPS) is 28.0. The quantitative estimate of drug-likeness (QED) is 0.625. The van der Waals surface area contributed by atoms with E-state index in [1.54, 1.807) is 0 Å². The van der Waals surface area contributed by atoms with Crippen LogP contribution in [-0.4, -0.2) is 10.7 Å². The van der Waals surface area contributed by atoms with Gasteiger partial charge < -0.3 is 10.4 Å². The predicted molar refractivity (Wildman–Crippen MR) is 115 cm³/mol. The molecule has 0 spiro atoms. The summed E-state index contributed by atoms with van der Waals surface area (Å²) >= 11 is 0. The van der Waals surface area contributed by atoms with Crippen LogP contribution in [0.25, 0.3) is 10.9 Å². The van der Waals surface area contributed by atoms with E-state index < -0.39 is 17.3 Å². The molecule has 0 saturated heterocycles. The molecule has 5 heteroatoms. The van der Waals surface area contributed by atoms with Crippen molar-refractivity contribution in [2.75, 3.05) is 0 Å². The summed E-state index contributed by atoms with van der Waals surface area (Å²) in [5.41, 5.74) is 1.08. The fourth-order valence-corrected chi connectivity index (χ4v) is 5.42. The first-order valence-corrected chi connectivity index (χ1v) is 10.4. The van der Waals surface area contributed by atoms with Gasteiger partial charge in [0.2, 0.25) is 0 Å². The number of fused-ring (bicyclic) bond motifs is 2. The number of nitrogens with zero attached hydrogens (tertiary/aromatic N) is 3. The van der Waals surface area contributed by atoms with Crippen molar-refractivity contribution in [3.8, 4) is 18.2 Å². The lowest BCUT2D eigenvalue weighted by molar-refractivity contribution is 0.168.